The number of carboxylic acids is 1. The van der Waals surface area contributed by atoms with Crippen LogP contribution >= 0.6 is 0 Å². The number of carboxylic acid groups (broad SMARTS) is 1. The van der Waals surface area contributed by atoms with Gasteiger partial charge in [0, 0.05) is 37.7 Å². The van der Waals surface area contributed by atoms with Gasteiger partial charge >= 0.3 is 5.97 Å². The van der Waals surface area contributed by atoms with Gasteiger partial charge in [0.2, 0.25) is 5.91 Å². The van der Waals surface area contributed by atoms with Crippen molar-refractivity contribution < 1.29 is 23.9 Å². The van der Waals surface area contributed by atoms with E-state index in [1.165, 1.54) is 23.8 Å². The monoisotopic (exact) mass is 633 g/mol. The van der Waals surface area contributed by atoms with Crippen LogP contribution in [0.5, 0.6) is 0 Å². The fourth-order valence-electron chi connectivity index (χ4n) is 6.40. The van der Waals surface area contributed by atoms with Gasteiger partial charge in [-0.3, -0.25) is 14.4 Å². The number of hydrogen-bond acceptors (Lipinski definition) is 4. The zero-order chi connectivity index (χ0) is 32.8. The molecule has 7 nitrogen and oxygen atoms in total. The summed E-state index contributed by atoms with van der Waals surface area (Å²) in [5.74, 6) is -1.20. The Kier molecular flexibility index (Phi) is 9.95. The van der Waals surface area contributed by atoms with Crippen LogP contribution in [-0.2, 0) is 22.6 Å². The molecule has 0 spiro atoms. The summed E-state index contributed by atoms with van der Waals surface area (Å²) in [6.07, 6.45) is 4.72. The summed E-state index contributed by atoms with van der Waals surface area (Å²) < 4.78 is 14.0. The molecule has 47 heavy (non-hydrogen) atoms. The van der Waals surface area contributed by atoms with Crippen molar-refractivity contribution in [3.63, 3.8) is 0 Å². The summed E-state index contributed by atoms with van der Waals surface area (Å²) in [6.45, 7) is 2.21. The minimum atomic E-state index is -0.930. The van der Waals surface area contributed by atoms with E-state index in [1.807, 2.05) is 48.5 Å². The van der Waals surface area contributed by atoms with E-state index in [4.69, 9.17) is 0 Å². The molecule has 1 heterocycles. The number of piperidine rings is 1. The van der Waals surface area contributed by atoms with Crippen LogP contribution in [-0.4, -0.2) is 47.4 Å². The third kappa shape index (κ3) is 8.44. The van der Waals surface area contributed by atoms with Crippen LogP contribution in [0.1, 0.15) is 53.6 Å². The van der Waals surface area contributed by atoms with Gasteiger partial charge in [-0.15, -0.1) is 0 Å². The van der Waals surface area contributed by atoms with Gasteiger partial charge in [0.1, 0.15) is 5.82 Å². The Bertz CT molecular complexity index is 1730. The van der Waals surface area contributed by atoms with Crippen molar-refractivity contribution in [3.05, 3.63) is 120 Å². The first-order valence-corrected chi connectivity index (χ1v) is 16.4. The minimum Gasteiger partial charge on any atom is -0.481 e. The number of amides is 2. The molecule has 1 aliphatic carbocycles. The maximum Gasteiger partial charge on any atom is 0.305 e. The predicted octanol–water partition coefficient (Wildman–Crippen LogP) is 7.42. The average Bonchev–Trinajstić information content (AvgIpc) is 3.93. The first kappa shape index (κ1) is 32.0. The maximum atomic E-state index is 14.0. The number of anilines is 2. The number of hydrogen-bond donors (Lipinski definition) is 2. The zero-order valence-corrected chi connectivity index (χ0v) is 26.4. The predicted molar refractivity (Wildman–Crippen MR) is 182 cm³/mol. The number of halogens is 1. The van der Waals surface area contributed by atoms with Crippen molar-refractivity contribution in [3.8, 4) is 11.1 Å². The van der Waals surface area contributed by atoms with Crippen molar-refractivity contribution >= 4 is 29.2 Å². The highest BCUT2D eigenvalue weighted by molar-refractivity contribution is 6.06. The first-order valence-electron chi connectivity index (χ1n) is 16.4. The molecular weight excluding hydrogens is 593 g/mol. The molecule has 242 valence electrons. The SMILES string of the molecule is O=C(O)CCN(Cc1cccc(-c2ccc(N3CCC(Cc4ccccc4)CC3)c(NC(=O)c3cccc(F)c3)c2)c1)C(=O)C1CC1. The molecule has 0 radical (unpaired) electrons. The van der Waals surface area contributed by atoms with Gasteiger partial charge in [-0.1, -0.05) is 60.7 Å². The molecule has 2 aliphatic rings. The van der Waals surface area contributed by atoms with Crippen molar-refractivity contribution in [2.75, 3.05) is 29.9 Å². The van der Waals surface area contributed by atoms with Gasteiger partial charge in [0.05, 0.1) is 17.8 Å². The van der Waals surface area contributed by atoms with Crippen LogP contribution in [0, 0.1) is 17.7 Å². The third-order valence-corrected chi connectivity index (χ3v) is 9.12. The number of carbonyl (C=O) groups is 3. The van der Waals surface area contributed by atoms with Crippen molar-refractivity contribution in [1.29, 1.82) is 0 Å². The van der Waals surface area contributed by atoms with Crippen LogP contribution in [0.15, 0.2) is 97.1 Å². The van der Waals surface area contributed by atoms with Gasteiger partial charge in [0.25, 0.3) is 5.91 Å². The van der Waals surface area contributed by atoms with Crippen LogP contribution in [0.2, 0.25) is 0 Å². The van der Waals surface area contributed by atoms with Gasteiger partial charge in [-0.2, -0.15) is 0 Å². The molecular formula is C39H40FN3O4. The molecule has 4 aromatic carbocycles. The van der Waals surface area contributed by atoms with Gasteiger partial charge in [-0.05, 0) is 96.7 Å². The van der Waals surface area contributed by atoms with Crippen LogP contribution in [0.25, 0.3) is 11.1 Å². The fourth-order valence-corrected chi connectivity index (χ4v) is 6.40. The third-order valence-electron chi connectivity index (χ3n) is 9.12. The number of aliphatic carboxylic acids is 1. The van der Waals surface area contributed by atoms with E-state index in [9.17, 15) is 23.9 Å². The average molecular weight is 634 g/mol. The van der Waals surface area contributed by atoms with Gasteiger partial charge in [-0.25, -0.2) is 4.39 Å². The first-order chi connectivity index (χ1) is 22.8. The maximum absolute atomic E-state index is 14.0. The largest absolute Gasteiger partial charge is 0.481 e. The smallest absolute Gasteiger partial charge is 0.305 e. The van der Waals surface area contributed by atoms with Crippen molar-refractivity contribution in [2.45, 2.75) is 45.1 Å². The van der Waals surface area contributed by atoms with E-state index in [1.54, 1.807) is 11.0 Å². The minimum absolute atomic E-state index is 0.00724. The molecule has 0 atom stereocenters. The van der Waals surface area contributed by atoms with Gasteiger partial charge < -0.3 is 20.2 Å². The summed E-state index contributed by atoms with van der Waals surface area (Å²) in [4.78, 5) is 41.5. The Morgan fingerprint density at radius 1 is 0.809 bits per heavy atom. The Labute approximate surface area is 275 Å². The molecule has 1 saturated carbocycles. The van der Waals surface area contributed by atoms with E-state index in [2.05, 4.69) is 34.5 Å². The Balaban J connectivity index is 1.24. The number of benzene rings is 4. The molecule has 2 fully saturated rings. The molecule has 0 aromatic heterocycles. The van der Waals surface area contributed by atoms with Crippen LogP contribution < -0.4 is 10.2 Å². The zero-order valence-electron chi connectivity index (χ0n) is 26.4. The van der Waals surface area contributed by atoms with Crippen LogP contribution in [0.3, 0.4) is 0 Å². The highest BCUT2D eigenvalue weighted by Gasteiger charge is 2.33. The van der Waals surface area contributed by atoms with E-state index in [0.29, 0.717) is 18.2 Å². The summed E-state index contributed by atoms with van der Waals surface area (Å²) in [7, 11) is 0. The lowest BCUT2D eigenvalue weighted by atomic mass is 9.90. The Hall–Kier alpha value is -4.98. The molecule has 0 bridgehead atoms. The second-order valence-electron chi connectivity index (χ2n) is 12.7. The van der Waals surface area contributed by atoms with Crippen molar-refractivity contribution in [1.82, 2.24) is 4.90 Å². The molecule has 8 heteroatoms. The molecule has 2 amide bonds. The standard InChI is InChI=1S/C39H40FN3O4/c40-34-11-5-10-33(24-34)38(46)41-35-25-32(14-15-36(35)42-19-16-28(17-20-42)22-27-6-2-1-3-7-27)31-9-4-8-29(23-31)26-43(21-18-37(44)45)39(47)30-12-13-30/h1-11,14-15,23-25,28,30H,12-13,16-22,26H2,(H,41,46)(H,44,45). The molecule has 4 aromatic rings. The fraction of sp³-hybridized carbons (Fsp3) is 0.308. The number of rotatable bonds is 12. The van der Waals surface area contributed by atoms with Gasteiger partial charge in [0.15, 0.2) is 0 Å². The lowest BCUT2D eigenvalue weighted by molar-refractivity contribution is -0.139. The number of nitrogens with zero attached hydrogens (tertiary/aromatic N) is 2. The normalized spacial score (nSPS) is 14.9. The summed E-state index contributed by atoms with van der Waals surface area (Å²) in [5.41, 5.74) is 5.85. The number of carbonyl (C=O) groups excluding carboxylic acids is 2. The second-order valence-corrected chi connectivity index (χ2v) is 12.7. The van der Waals surface area contributed by atoms with E-state index < -0.39 is 11.8 Å². The second kappa shape index (κ2) is 14.6. The van der Waals surface area contributed by atoms with E-state index in [-0.39, 0.29) is 36.3 Å². The molecule has 6 rings (SSSR count). The highest BCUT2D eigenvalue weighted by atomic mass is 19.1. The summed E-state index contributed by atoms with van der Waals surface area (Å²) in [5, 5.41) is 12.3. The van der Waals surface area contributed by atoms with E-state index >= 15 is 0 Å². The Morgan fingerprint density at radius 2 is 1.53 bits per heavy atom. The highest BCUT2D eigenvalue weighted by Crippen LogP contribution is 2.36. The number of nitrogens with one attached hydrogen (secondary N) is 1. The molecule has 2 N–H and O–H groups in total. The van der Waals surface area contributed by atoms with Crippen LogP contribution in [0.4, 0.5) is 15.8 Å². The quantitative estimate of drug-likeness (QED) is 0.170. The Morgan fingerprint density at radius 3 is 2.26 bits per heavy atom. The molecule has 1 aliphatic heterocycles. The summed E-state index contributed by atoms with van der Waals surface area (Å²) in [6, 6.07) is 30.1. The van der Waals surface area contributed by atoms with E-state index in [0.717, 1.165) is 67.6 Å². The topological polar surface area (TPSA) is 89.9 Å². The lowest BCUT2D eigenvalue weighted by Crippen LogP contribution is -2.35. The van der Waals surface area contributed by atoms with Crippen molar-refractivity contribution in [2.24, 2.45) is 11.8 Å². The lowest BCUT2D eigenvalue weighted by Gasteiger charge is -2.35. The summed E-state index contributed by atoms with van der Waals surface area (Å²) >= 11 is 0. The molecule has 0 unspecified atom stereocenters. The molecule has 1 saturated heterocycles.